The fourth-order valence-electron chi connectivity index (χ4n) is 3.45. The molecule has 1 unspecified atom stereocenters. The highest BCUT2D eigenvalue weighted by molar-refractivity contribution is 7.12. The summed E-state index contributed by atoms with van der Waals surface area (Å²) in [6.45, 7) is 2.32. The molecule has 0 radical (unpaired) electrons. The van der Waals surface area contributed by atoms with Crippen molar-refractivity contribution in [1.29, 1.82) is 0 Å². The summed E-state index contributed by atoms with van der Waals surface area (Å²) in [5, 5.41) is 2.03. The van der Waals surface area contributed by atoms with E-state index in [2.05, 4.69) is 28.1 Å². The summed E-state index contributed by atoms with van der Waals surface area (Å²) >= 11 is 1.63. The van der Waals surface area contributed by atoms with Crippen LogP contribution in [0.2, 0.25) is 0 Å². The molecule has 0 amide bonds. The monoisotopic (exact) mass is 297 g/mol. The van der Waals surface area contributed by atoms with Crippen LogP contribution in [-0.2, 0) is 13.0 Å². The Labute approximate surface area is 129 Å². The Bertz CT molecular complexity index is 675. The van der Waals surface area contributed by atoms with Crippen molar-refractivity contribution in [3.05, 3.63) is 51.7 Å². The van der Waals surface area contributed by atoms with Gasteiger partial charge in [-0.3, -0.25) is 4.90 Å². The lowest BCUT2D eigenvalue weighted by molar-refractivity contribution is 0.227. The van der Waals surface area contributed by atoms with Crippen molar-refractivity contribution in [3.63, 3.8) is 0 Å². The molecule has 4 rings (SSSR count). The highest BCUT2D eigenvalue weighted by Crippen LogP contribution is 2.32. The number of nitrogens with two attached hydrogens (primary N) is 1. The highest BCUT2D eigenvalue weighted by atomic mass is 32.1. The van der Waals surface area contributed by atoms with Crippen LogP contribution in [-0.4, -0.2) is 23.3 Å². The third-order valence-corrected chi connectivity index (χ3v) is 5.43. The Morgan fingerprint density at radius 3 is 3.10 bits per heavy atom. The van der Waals surface area contributed by atoms with Crippen LogP contribution >= 0.6 is 11.3 Å². The molecule has 0 aliphatic carbocycles. The van der Waals surface area contributed by atoms with E-state index in [1.165, 1.54) is 36.9 Å². The number of hydrogen-bond acceptors (Lipinski definition) is 3. The van der Waals surface area contributed by atoms with Gasteiger partial charge in [0.25, 0.3) is 0 Å². The SMILES string of the molecule is NC(=Nc1ccc2c(c1)CN1CCCC1C2)c1cccs1. The van der Waals surface area contributed by atoms with Crippen LogP contribution in [0, 0.1) is 0 Å². The predicted octanol–water partition coefficient (Wildman–Crippen LogP) is 3.31. The van der Waals surface area contributed by atoms with Gasteiger partial charge in [0.2, 0.25) is 0 Å². The number of amidine groups is 1. The minimum absolute atomic E-state index is 0.611. The number of fused-ring (bicyclic) bond motifs is 2. The van der Waals surface area contributed by atoms with Crippen LogP contribution in [0.25, 0.3) is 0 Å². The fraction of sp³-hybridized carbons (Fsp3) is 0.353. The predicted molar refractivity (Wildman–Crippen MR) is 88.3 cm³/mol. The van der Waals surface area contributed by atoms with Gasteiger partial charge in [-0.25, -0.2) is 4.99 Å². The van der Waals surface area contributed by atoms with E-state index in [1.807, 2.05) is 17.5 Å². The van der Waals surface area contributed by atoms with Gasteiger partial charge in [-0.15, -0.1) is 11.3 Å². The van der Waals surface area contributed by atoms with E-state index >= 15 is 0 Å². The summed E-state index contributed by atoms with van der Waals surface area (Å²) < 4.78 is 0. The maximum atomic E-state index is 6.08. The topological polar surface area (TPSA) is 41.6 Å². The normalized spacial score (nSPS) is 22.1. The molecule has 2 aliphatic heterocycles. The van der Waals surface area contributed by atoms with Crippen molar-refractivity contribution < 1.29 is 0 Å². The van der Waals surface area contributed by atoms with E-state index in [1.54, 1.807) is 11.3 Å². The van der Waals surface area contributed by atoms with Gasteiger partial charge in [0, 0.05) is 12.6 Å². The molecule has 1 atom stereocenters. The lowest BCUT2D eigenvalue weighted by atomic mass is 9.94. The van der Waals surface area contributed by atoms with Gasteiger partial charge in [0.15, 0.2) is 0 Å². The number of benzene rings is 1. The zero-order chi connectivity index (χ0) is 14.2. The Balaban J connectivity index is 1.63. The van der Waals surface area contributed by atoms with Crippen LogP contribution in [0.5, 0.6) is 0 Å². The molecule has 2 aromatic rings. The van der Waals surface area contributed by atoms with Crippen molar-refractivity contribution in [3.8, 4) is 0 Å². The van der Waals surface area contributed by atoms with Crippen LogP contribution in [0.3, 0.4) is 0 Å². The summed E-state index contributed by atoms with van der Waals surface area (Å²) in [5.41, 5.74) is 9.97. The minimum Gasteiger partial charge on any atom is -0.383 e. The molecule has 2 N–H and O–H groups in total. The molecular weight excluding hydrogens is 278 g/mol. The fourth-order valence-corrected chi connectivity index (χ4v) is 4.08. The summed E-state index contributed by atoms with van der Waals surface area (Å²) in [7, 11) is 0. The number of nitrogens with zero attached hydrogens (tertiary/aromatic N) is 2. The molecule has 1 aromatic carbocycles. The first-order valence-electron chi connectivity index (χ1n) is 7.53. The second-order valence-electron chi connectivity index (χ2n) is 5.90. The first kappa shape index (κ1) is 13.0. The molecule has 0 saturated carbocycles. The zero-order valence-electron chi connectivity index (χ0n) is 12.0. The van der Waals surface area contributed by atoms with Gasteiger partial charge >= 0.3 is 0 Å². The first-order chi connectivity index (χ1) is 10.3. The highest BCUT2D eigenvalue weighted by Gasteiger charge is 2.29. The maximum absolute atomic E-state index is 6.08. The molecule has 0 bridgehead atoms. The summed E-state index contributed by atoms with van der Waals surface area (Å²) in [4.78, 5) is 8.23. The molecule has 3 nitrogen and oxygen atoms in total. The largest absolute Gasteiger partial charge is 0.383 e. The zero-order valence-corrected chi connectivity index (χ0v) is 12.8. The molecule has 0 spiro atoms. The Kier molecular flexibility index (Phi) is 3.28. The molecule has 21 heavy (non-hydrogen) atoms. The minimum atomic E-state index is 0.611. The third kappa shape index (κ3) is 2.49. The van der Waals surface area contributed by atoms with Crippen LogP contribution < -0.4 is 5.73 Å². The molecule has 3 heterocycles. The third-order valence-electron chi connectivity index (χ3n) is 4.54. The van der Waals surface area contributed by atoms with E-state index in [4.69, 9.17) is 5.73 Å². The average molecular weight is 297 g/mol. The molecule has 4 heteroatoms. The van der Waals surface area contributed by atoms with Crippen LogP contribution in [0.1, 0.15) is 28.8 Å². The number of aliphatic imine (C=N–C) groups is 1. The van der Waals surface area contributed by atoms with E-state index in [0.29, 0.717) is 5.84 Å². The summed E-state index contributed by atoms with van der Waals surface area (Å²) in [6, 6.07) is 11.3. The quantitative estimate of drug-likeness (QED) is 0.682. The second kappa shape index (κ2) is 5.28. The van der Waals surface area contributed by atoms with Crippen molar-refractivity contribution >= 4 is 22.9 Å². The number of thiophene rings is 1. The van der Waals surface area contributed by atoms with Crippen molar-refractivity contribution in [2.24, 2.45) is 10.7 Å². The Hall–Kier alpha value is -1.65. The standard InChI is InChI=1S/C17H19N3S/c18-17(16-4-2-8-21-16)19-14-6-5-12-10-15-3-1-7-20(15)11-13(12)9-14/h2,4-6,8-9,15H,1,3,7,10-11H2,(H2,18,19). The average Bonchev–Trinajstić information content (AvgIpc) is 3.15. The lowest BCUT2D eigenvalue weighted by Gasteiger charge is -2.31. The molecule has 2 aliphatic rings. The lowest BCUT2D eigenvalue weighted by Crippen LogP contribution is -2.35. The Morgan fingerprint density at radius 1 is 1.29 bits per heavy atom. The number of rotatable bonds is 2. The first-order valence-corrected chi connectivity index (χ1v) is 8.41. The van der Waals surface area contributed by atoms with E-state index < -0.39 is 0 Å². The van der Waals surface area contributed by atoms with Gasteiger partial charge in [0.05, 0.1) is 10.6 Å². The summed E-state index contributed by atoms with van der Waals surface area (Å²) in [5.74, 6) is 0.611. The smallest absolute Gasteiger partial charge is 0.141 e. The number of hydrogen-bond donors (Lipinski definition) is 1. The van der Waals surface area contributed by atoms with Gasteiger partial charge in [0.1, 0.15) is 5.84 Å². The van der Waals surface area contributed by atoms with Gasteiger partial charge in [-0.1, -0.05) is 12.1 Å². The van der Waals surface area contributed by atoms with Gasteiger partial charge < -0.3 is 5.73 Å². The summed E-state index contributed by atoms with van der Waals surface area (Å²) in [6.07, 6.45) is 3.89. The van der Waals surface area contributed by atoms with E-state index in [0.717, 1.165) is 23.2 Å². The van der Waals surface area contributed by atoms with Gasteiger partial charge in [-0.05, 0) is 60.5 Å². The second-order valence-corrected chi connectivity index (χ2v) is 6.85. The van der Waals surface area contributed by atoms with Crippen molar-refractivity contribution in [2.75, 3.05) is 6.54 Å². The molecular formula is C17H19N3S. The van der Waals surface area contributed by atoms with Crippen molar-refractivity contribution in [1.82, 2.24) is 4.90 Å². The molecule has 1 fully saturated rings. The van der Waals surface area contributed by atoms with Crippen LogP contribution in [0.15, 0.2) is 40.7 Å². The van der Waals surface area contributed by atoms with E-state index in [9.17, 15) is 0 Å². The molecule has 108 valence electrons. The van der Waals surface area contributed by atoms with E-state index in [-0.39, 0.29) is 0 Å². The van der Waals surface area contributed by atoms with Crippen LogP contribution in [0.4, 0.5) is 5.69 Å². The molecule has 1 aromatic heterocycles. The maximum Gasteiger partial charge on any atom is 0.141 e. The molecule has 1 saturated heterocycles. The Morgan fingerprint density at radius 2 is 2.24 bits per heavy atom. The van der Waals surface area contributed by atoms with Gasteiger partial charge in [-0.2, -0.15) is 0 Å². The van der Waals surface area contributed by atoms with Crippen molar-refractivity contribution in [2.45, 2.75) is 31.8 Å².